The largest absolute Gasteiger partial charge is 0.355 e. The van der Waals surface area contributed by atoms with Crippen molar-refractivity contribution in [1.29, 1.82) is 0 Å². The van der Waals surface area contributed by atoms with Crippen molar-refractivity contribution < 1.29 is 13.2 Å². The van der Waals surface area contributed by atoms with Gasteiger partial charge in [-0.1, -0.05) is 31.5 Å². The minimum Gasteiger partial charge on any atom is -0.355 e. The van der Waals surface area contributed by atoms with Gasteiger partial charge in [-0.2, -0.15) is 4.31 Å². The molecule has 0 aliphatic heterocycles. The van der Waals surface area contributed by atoms with E-state index in [1.807, 2.05) is 32.9 Å². The maximum absolute atomic E-state index is 12.7. The number of hydrogen-bond donors (Lipinski definition) is 1. The number of rotatable bonds is 6. The van der Waals surface area contributed by atoms with Gasteiger partial charge in [-0.3, -0.25) is 4.79 Å². The van der Waals surface area contributed by atoms with E-state index in [4.69, 9.17) is 0 Å². The lowest BCUT2D eigenvalue weighted by molar-refractivity contribution is -0.121. The fraction of sp³-hybridized carbons (Fsp3) is 0.562. The Morgan fingerprint density at radius 3 is 2.14 bits per heavy atom. The van der Waals surface area contributed by atoms with E-state index in [0.29, 0.717) is 23.6 Å². The summed E-state index contributed by atoms with van der Waals surface area (Å²) in [6.45, 7) is 9.81. The van der Waals surface area contributed by atoms with E-state index in [1.54, 1.807) is 13.8 Å². The summed E-state index contributed by atoms with van der Waals surface area (Å²) in [5.74, 6) is 0.0367. The molecular formula is C16H26N2O3S. The van der Waals surface area contributed by atoms with Crippen molar-refractivity contribution in [2.75, 3.05) is 20.1 Å². The third-order valence-electron chi connectivity index (χ3n) is 3.35. The summed E-state index contributed by atoms with van der Waals surface area (Å²) in [7, 11) is -2.24. The Hall–Kier alpha value is -1.40. The first-order chi connectivity index (χ1) is 10.1. The van der Waals surface area contributed by atoms with Crippen LogP contribution in [-0.4, -0.2) is 38.8 Å². The predicted octanol–water partition coefficient (Wildman–Crippen LogP) is 2.00. The lowest BCUT2D eigenvalue weighted by atomic mass is 10.1. The average Bonchev–Trinajstić information content (AvgIpc) is 2.34. The van der Waals surface area contributed by atoms with Crippen molar-refractivity contribution in [3.8, 4) is 0 Å². The number of sulfonamides is 1. The number of carbonyl (C=O) groups excluding carboxylic acids is 1. The van der Waals surface area contributed by atoms with Gasteiger partial charge in [-0.15, -0.1) is 0 Å². The fourth-order valence-corrected chi connectivity index (χ4v) is 3.92. The molecule has 22 heavy (non-hydrogen) atoms. The summed E-state index contributed by atoms with van der Waals surface area (Å²) in [5.41, 5.74) is 2.42. The van der Waals surface area contributed by atoms with E-state index in [2.05, 4.69) is 5.32 Å². The maximum atomic E-state index is 12.7. The molecule has 0 atom stereocenters. The van der Waals surface area contributed by atoms with Gasteiger partial charge in [0.05, 0.1) is 11.4 Å². The average molecular weight is 326 g/mol. The Kier molecular flexibility index (Phi) is 6.14. The van der Waals surface area contributed by atoms with Crippen LogP contribution in [0.1, 0.15) is 30.5 Å². The van der Waals surface area contributed by atoms with Crippen LogP contribution >= 0.6 is 0 Å². The third-order valence-corrected chi connectivity index (χ3v) is 5.46. The van der Waals surface area contributed by atoms with Crippen molar-refractivity contribution >= 4 is 15.9 Å². The van der Waals surface area contributed by atoms with E-state index in [0.717, 1.165) is 9.87 Å². The Morgan fingerprint density at radius 1 is 1.18 bits per heavy atom. The molecule has 5 nitrogen and oxygen atoms in total. The fourth-order valence-electron chi connectivity index (χ4n) is 2.39. The Bertz CT molecular complexity index is 628. The van der Waals surface area contributed by atoms with E-state index >= 15 is 0 Å². The smallest absolute Gasteiger partial charge is 0.243 e. The van der Waals surface area contributed by atoms with Gasteiger partial charge in [0.15, 0.2) is 0 Å². The molecule has 1 aromatic carbocycles. The number of hydrogen-bond acceptors (Lipinski definition) is 3. The van der Waals surface area contributed by atoms with Crippen molar-refractivity contribution in [2.24, 2.45) is 5.92 Å². The van der Waals surface area contributed by atoms with Gasteiger partial charge in [-0.05, 0) is 37.8 Å². The number of aryl methyl sites for hydroxylation is 3. The Morgan fingerprint density at radius 2 is 1.68 bits per heavy atom. The Labute approximate surface area is 133 Å². The molecule has 0 bridgehead atoms. The van der Waals surface area contributed by atoms with Crippen LogP contribution in [0.3, 0.4) is 0 Å². The highest BCUT2D eigenvalue weighted by atomic mass is 32.2. The first-order valence-electron chi connectivity index (χ1n) is 7.36. The summed E-state index contributed by atoms with van der Waals surface area (Å²) in [5, 5.41) is 2.73. The number of benzene rings is 1. The van der Waals surface area contributed by atoms with E-state index in [1.165, 1.54) is 7.05 Å². The molecule has 1 N–H and O–H groups in total. The van der Waals surface area contributed by atoms with E-state index in [9.17, 15) is 13.2 Å². The zero-order valence-corrected chi connectivity index (χ0v) is 15.0. The zero-order valence-electron chi connectivity index (χ0n) is 14.2. The third kappa shape index (κ3) is 4.55. The van der Waals surface area contributed by atoms with Gasteiger partial charge < -0.3 is 5.32 Å². The highest BCUT2D eigenvalue weighted by Crippen LogP contribution is 2.24. The normalized spacial score (nSPS) is 12.0. The van der Waals surface area contributed by atoms with Gasteiger partial charge in [0.2, 0.25) is 15.9 Å². The molecule has 0 fully saturated rings. The topological polar surface area (TPSA) is 66.5 Å². The zero-order chi connectivity index (χ0) is 17.1. The SMILES string of the molecule is Cc1cc(C)c(S(=O)(=O)N(C)CC(=O)NCC(C)C)c(C)c1. The molecule has 0 aromatic heterocycles. The van der Waals surface area contributed by atoms with Crippen LogP contribution in [0.15, 0.2) is 17.0 Å². The van der Waals surface area contributed by atoms with Gasteiger partial charge in [0, 0.05) is 13.6 Å². The molecule has 0 unspecified atom stereocenters. The van der Waals surface area contributed by atoms with Gasteiger partial charge >= 0.3 is 0 Å². The van der Waals surface area contributed by atoms with E-state index < -0.39 is 10.0 Å². The minimum atomic E-state index is -3.68. The molecular weight excluding hydrogens is 300 g/mol. The van der Waals surface area contributed by atoms with Gasteiger partial charge in [0.25, 0.3) is 0 Å². The maximum Gasteiger partial charge on any atom is 0.243 e. The van der Waals surface area contributed by atoms with Crippen molar-refractivity contribution in [2.45, 2.75) is 39.5 Å². The Balaban J connectivity index is 2.97. The van der Waals surface area contributed by atoms with Crippen LogP contribution in [0.25, 0.3) is 0 Å². The highest BCUT2D eigenvalue weighted by molar-refractivity contribution is 7.89. The summed E-state index contributed by atoms with van der Waals surface area (Å²) in [4.78, 5) is 12.1. The lowest BCUT2D eigenvalue weighted by Gasteiger charge is -2.20. The molecule has 124 valence electrons. The van der Waals surface area contributed by atoms with Gasteiger partial charge in [-0.25, -0.2) is 8.42 Å². The molecule has 1 aromatic rings. The number of nitrogens with one attached hydrogen (secondary N) is 1. The predicted molar refractivity (Wildman–Crippen MR) is 88.3 cm³/mol. The molecule has 0 saturated carbocycles. The van der Waals surface area contributed by atoms with Crippen LogP contribution in [0, 0.1) is 26.7 Å². The van der Waals surface area contributed by atoms with Crippen LogP contribution in [0.5, 0.6) is 0 Å². The van der Waals surface area contributed by atoms with Crippen LogP contribution in [0.2, 0.25) is 0 Å². The number of amides is 1. The summed E-state index contributed by atoms with van der Waals surface area (Å²) < 4.78 is 26.5. The molecule has 0 aliphatic rings. The summed E-state index contributed by atoms with van der Waals surface area (Å²) in [6, 6.07) is 3.68. The van der Waals surface area contributed by atoms with Crippen LogP contribution in [-0.2, 0) is 14.8 Å². The molecule has 0 saturated heterocycles. The lowest BCUT2D eigenvalue weighted by Crippen LogP contribution is -2.39. The molecule has 1 rings (SSSR count). The van der Waals surface area contributed by atoms with Crippen molar-refractivity contribution in [3.63, 3.8) is 0 Å². The highest BCUT2D eigenvalue weighted by Gasteiger charge is 2.26. The molecule has 0 heterocycles. The first-order valence-corrected chi connectivity index (χ1v) is 8.80. The van der Waals surface area contributed by atoms with Crippen LogP contribution in [0.4, 0.5) is 0 Å². The van der Waals surface area contributed by atoms with Crippen molar-refractivity contribution in [1.82, 2.24) is 9.62 Å². The first kappa shape index (κ1) is 18.6. The van der Waals surface area contributed by atoms with E-state index in [-0.39, 0.29) is 17.3 Å². The molecule has 6 heteroatoms. The minimum absolute atomic E-state index is 0.179. The molecule has 0 aliphatic carbocycles. The summed E-state index contributed by atoms with van der Waals surface area (Å²) >= 11 is 0. The number of nitrogens with zero attached hydrogens (tertiary/aromatic N) is 1. The second-order valence-electron chi connectivity index (χ2n) is 6.19. The van der Waals surface area contributed by atoms with Crippen LogP contribution < -0.4 is 5.32 Å². The molecule has 1 amide bonds. The number of likely N-dealkylation sites (N-methyl/N-ethyl adjacent to an activating group) is 1. The quantitative estimate of drug-likeness (QED) is 0.869. The second kappa shape index (κ2) is 7.24. The second-order valence-corrected chi connectivity index (χ2v) is 8.17. The van der Waals surface area contributed by atoms with Crippen molar-refractivity contribution in [3.05, 3.63) is 28.8 Å². The number of carbonyl (C=O) groups is 1. The van der Waals surface area contributed by atoms with Gasteiger partial charge in [0.1, 0.15) is 0 Å². The monoisotopic (exact) mass is 326 g/mol. The molecule has 0 spiro atoms. The molecule has 0 radical (unpaired) electrons. The standard InChI is InChI=1S/C16H26N2O3S/c1-11(2)9-17-15(19)10-18(6)22(20,21)16-13(4)7-12(3)8-14(16)5/h7-8,11H,9-10H2,1-6H3,(H,17,19). The summed E-state index contributed by atoms with van der Waals surface area (Å²) in [6.07, 6.45) is 0.